The molecule has 0 saturated carbocycles. The van der Waals surface area contributed by atoms with Crippen LogP contribution in [-0.2, 0) is 0 Å². The Balaban J connectivity index is 1.60. The molecule has 23 heavy (non-hydrogen) atoms. The van der Waals surface area contributed by atoms with Gasteiger partial charge < -0.3 is 14.4 Å². The quantitative estimate of drug-likeness (QED) is 0.818. The van der Waals surface area contributed by atoms with Crippen molar-refractivity contribution in [2.24, 2.45) is 0 Å². The molecule has 120 valence electrons. The van der Waals surface area contributed by atoms with Crippen LogP contribution < -0.4 is 9.47 Å². The highest BCUT2D eigenvalue weighted by molar-refractivity contribution is 9.10. The zero-order valence-electron chi connectivity index (χ0n) is 12.6. The van der Waals surface area contributed by atoms with Crippen LogP contribution in [0.3, 0.4) is 0 Å². The first kappa shape index (κ1) is 15.7. The van der Waals surface area contributed by atoms with E-state index >= 15 is 0 Å². The van der Waals surface area contributed by atoms with Crippen LogP contribution in [0.1, 0.15) is 16.8 Å². The van der Waals surface area contributed by atoms with Crippen molar-refractivity contribution in [1.29, 1.82) is 0 Å². The maximum Gasteiger partial charge on any atom is 0.254 e. The third kappa shape index (κ3) is 3.79. The van der Waals surface area contributed by atoms with Gasteiger partial charge in [0.05, 0.1) is 13.7 Å². The number of halogens is 1. The topological polar surface area (TPSA) is 64.6 Å². The predicted molar refractivity (Wildman–Crippen MR) is 87.7 cm³/mol. The second kappa shape index (κ2) is 6.95. The van der Waals surface area contributed by atoms with Crippen molar-refractivity contribution in [3.8, 4) is 11.8 Å². The van der Waals surface area contributed by atoms with E-state index in [2.05, 4.69) is 26.1 Å². The normalized spacial score (nSPS) is 17.1. The molecule has 1 aliphatic heterocycles. The molecule has 1 amide bonds. The molecule has 6 nitrogen and oxygen atoms in total. The Morgan fingerprint density at radius 2 is 2.04 bits per heavy atom. The van der Waals surface area contributed by atoms with Crippen LogP contribution in [0, 0.1) is 0 Å². The summed E-state index contributed by atoms with van der Waals surface area (Å²) in [5.41, 5.74) is 0.671. The van der Waals surface area contributed by atoms with Gasteiger partial charge in [-0.2, -0.15) is 0 Å². The van der Waals surface area contributed by atoms with Crippen LogP contribution in [0.2, 0.25) is 0 Å². The lowest BCUT2D eigenvalue weighted by Crippen LogP contribution is -2.31. The van der Waals surface area contributed by atoms with Crippen LogP contribution in [-0.4, -0.2) is 47.3 Å². The van der Waals surface area contributed by atoms with Gasteiger partial charge in [0.15, 0.2) is 0 Å². The van der Waals surface area contributed by atoms with Crippen molar-refractivity contribution in [2.75, 3.05) is 20.2 Å². The van der Waals surface area contributed by atoms with Gasteiger partial charge in [-0.3, -0.25) is 4.79 Å². The molecular weight excluding hydrogens is 362 g/mol. The SMILES string of the molecule is COc1ccc(OC2CCN(C(=O)c3cccc(Br)c3)C2)nn1. The number of hydrogen-bond donors (Lipinski definition) is 0. The van der Waals surface area contributed by atoms with E-state index in [1.54, 1.807) is 17.0 Å². The average Bonchev–Trinajstić information content (AvgIpc) is 3.03. The predicted octanol–water partition coefficient (Wildman–Crippen LogP) is 2.54. The highest BCUT2D eigenvalue weighted by Gasteiger charge is 2.28. The largest absolute Gasteiger partial charge is 0.480 e. The Morgan fingerprint density at radius 1 is 1.26 bits per heavy atom. The second-order valence-corrected chi connectivity index (χ2v) is 6.12. The standard InChI is InChI=1S/C16H16BrN3O3/c1-22-14-5-6-15(19-18-14)23-13-7-8-20(10-13)16(21)11-3-2-4-12(17)9-11/h2-6,9,13H,7-8,10H2,1H3. The maximum absolute atomic E-state index is 12.5. The Hall–Kier alpha value is -2.15. The van der Waals surface area contributed by atoms with Gasteiger partial charge in [0.1, 0.15) is 6.10 Å². The fraction of sp³-hybridized carbons (Fsp3) is 0.312. The van der Waals surface area contributed by atoms with Crippen molar-refractivity contribution in [1.82, 2.24) is 15.1 Å². The lowest BCUT2D eigenvalue weighted by molar-refractivity contribution is 0.0771. The molecule has 0 spiro atoms. The number of amides is 1. The Bertz CT molecular complexity index is 693. The van der Waals surface area contributed by atoms with E-state index in [1.165, 1.54) is 7.11 Å². The lowest BCUT2D eigenvalue weighted by atomic mass is 10.2. The molecule has 1 aromatic carbocycles. The van der Waals surface area contributed by atoms with E-state index in [0.717, 1.165) is 10.9 Å². The molecule has 1 aromatic heterocycles. The summed E-state index contributed by atoms with van der Waals surface area (Å²) in [6.07, 6.45) is 0.696. The van der Waals surface area contributed by atoms with Crippen molar-refractivity contribution in [3.05, 3.63) is 46.4 Å². The Morgan fingerprint density at radius 3 is 2.74 bits per heavy atom. The van der Waals surface area contributed by atoms with Gasteiger partial charge in [-0.15, -0.1) is 10.2 Å². The highest BCUT2D eigenvalue weighted by Crippen LogP contribution is 2.20. The summed E-state index contributed by atoms with van der Waals surface area (Å²) in [6, 6.07) is 10.8. The van der Waals surface area contributed by atoms with Crippen molar-refractivity contribution in [3.63, 3.8) is 0 Å². The Kier molecular flexibility index (Phi) is 4.76. The minimum Gasteiger partial charge on any atom is -0.480 e. The Labute approximate surface area is 142 Å². The number of methoxy groups -OCH3 is 1. The van der Waals surface area contributed by atoms with Crippen LogP contribution in [0.5, 0.6) is 11.8 Å². The van der Waals surface area contributed by atoms with Crippen molar-refractivity contribution in [2.45, 2.75) is 12.5 Å². The molecule has 0 aliphatic carbocycles. The van der Waals surface area contributed by atoms with Gasteiger partial charge >= 0.3 is 0 Å². The summed E-state index contributed by atoms with van der Waals surface area (Å²) >= 11 is 3.39. The number of carbonyl (C=O) groups is 1. The molecule has 0 N–H and O–H groups in total. The fourth-order valence-electron chi connectivity index (χ4n) is 2.46. The first-order valence-corrected chi connectivity index (χ1v) is 8.04. The number of carbonyl (C=O) groups excluding carboxylic acids is 1. The summed E-state index contributed by atoms with van der Waals surface area (Å²) in [5, 5.41) is 7.81. The first-order valence-electron chi connectivity index (χ1n) is 7.25. The average molecular weight is 378 g/mol. The van der Waals surface area contributed by atoms with E-state index in [0.29, 0.717) is 30.4 Å². The van der Waals surface area contributed by atoms with Gasteiger partial charge in [-0.25, -0.2) is 0 Å². The molecule has 1 fully saturated rings. The number of ether oxygens (including phenoxy) is 2. The molecule has 0 bridgehead atoms. The number of rotatable bonds is 4. The molecule has 2 heterocycles. The molecule has 7 heteroatoms. The van der Waals surface area contributed by atoms with Gasteiger partial charge in [-0.05, 0) is 18.2 Å². The first-order chi connectivity index (χ1) is 11.2. The number of hydrogen-bond acceptors (Lipinski definition) is 5. The second-order valence-electron chi connectivity index (χ2n) is 5.20. The van der Waals surface area contributed by atoms with Crippen molar-refractivity contribution < 1.29 is 14.3 Å². The molecule has 2 aromatic rings. The van der Waals surface area contributed by atoms with Gasteiger partial charge in [0.25, 0.3) is 5.91 Å². The summed E-state index contributed by atoms with van der Waals surface area (Å²) in [7, 11) is 1.53. The maximum atomic E-state index is 12.5. The summed E-state index contributed by atoms with van der Waals surface area (Å²) < 4.78 is 11.6. The minimum atomic E-state index is -0.0752. The molecule has 3 rings (SSSR count). The summed E-state index contributed by atoms with van der Waals surface area (Å²) in [6.45, 7) is 1.21. The number of likely N-dealkylation sites (tertiary alicyclic amines) is 1. The van der Waals surface area contributed by atoms with Gasteiger partial charge in [-0.1, -0.05) is 22.0 Å². The molecule has 0 radical (unpaired) electrons. The summed E-state index contributed by atoms with van der Waals surface area (Å²) in [5.74, 6) is 0.890. The zero-order chi connectivity index (χ0) is 16.2. The monoisotopic (exact) mass is 377 g/mol. The molecule has 1 atom stereocenters. The van der Waals surface area contributed by atoms with Crippen molar-refractivity contribution >= 4 is 21.8 Å². The van der Waals surface area contributed by atoms with Gasteiger partial charge in [0, 0.05) is 35.1 Å². The molecule has 1 aliphatic rings. The minimum absolute atomic E-state index is 0.0122. The van der Waals surface area contributed by atoms with Crippen LogP contribution in [0.25, 0.3) is 0 Å². The van der Waals surface area contributed by atoms with Crippen LogP contribution in [0.4, 0.5) is 0 Å². The van der Waals surface area contributed by atoms with E-state index in [4.69, 9.17) is 9.47 Å². The molecule has 1 unspecified atom stereocenters. The zero-order valence-corrected chi connectivity index (χ0v) is 14.2. The highest BCUT2D eigenvalue weighted by atomic mass is 79.9. The molecular formula is C16H16BrN3O3. The van der Waals surface area contributed by atoms with E-state index in [-0.39, 0.29) is 12.0 Å². The van der Waals surface area contributed by atoms with Crippen LogP contribution in [0.15, 0.2) is 40.9 Å². The third-order valence-electron chi connectivity index (χ3n) is 3.62. The molecule has 1 saturated heterocycles. The van der Waals surface area contributed by atoms with E-state index in [1.807, 2.05) is 24.3 Å². The fourth-order valence-corrected chi connectivity index (χ4v) is 2.86. The van der Waals surface area contributed by atoms with Gasteiger partial charge in [0.2, 0.25) is 11.8 Å². The smallest absolute Gasteiger partial charge is 0.254 e. The summed E-state index contributed by atoms with van der Waals surface area (Å²) in [4.78, 5) is 14.3. The number of aromatic nitrogens is 2. The third-order valence-corrected chi connectivity index (χ3v) is 4.11. The van der Waals surface area contributed by atoms with E-state index in [9.17, 15) is 4.79 Å². The van der Waals surface area contributed by atoms with E-state index < -0.39 is 0 Å². The number of nitrogens with zero attached hydrogens (tertiary/aromatic N) is 3. The number of benzene rings is 1. The van der Waals surface area contributed by atoms with Crippen LogP contribution >= 0.6 is 15.9 Å². The lowest BCUT2D eigenvalue weighted by Gasteiger charge is -2.17.